The van der Waals surface area contributed by atoms with E-state index in [9.17, 15) is 4.79 Å². The number of methoxy groups -OCH3 is 1. The van der Waals surface area contributed by atoms with Gasteiger partial charge in [0.05, 0.1) is 6.10 Å². The van der Waals surface area contributed by atoms with Gasteiger partial charge in [-0.15, -0.1) is 0 Å². The van der Waals surface area contributed by atoms with Crippen molar-refractivity contribution in [3.05, 3.63) is 83.4 Å². The van der Waals surface area contributed by atoms with Crippen LogP contribution in [-0.2, 0) is 4.74 Å². The number of carbonyl (C=O) groups excluding carboxylic acids is 1. The van der Waals surface area contributed by atoms with E-state index in [1.54, 1.807) is 7.11 Å². The third-order valence-corrected chi connectivity index (χ3v) is 4.30. The molecule has 3 rings (SSSR count). The summed E-state index contributed by atoms with van der Waals surface area (Å²) in [5.41, 5.74) is 2.94. The van der Waals surface area contributed by atoms with Crippen LogP contribution in [0.1, 0.15) is 27.6 Å². The Labute approximate surface area is 142 Å². The second kappa shape index (κ2) is 7.28. The highest BCUT2D eigenvalue weighted by molar-refractivity contribution is 6.07. The predicted molar refractivity (Wildman–Crippen MR) is 97.2 cm³/mol. The van der Waals surface area contributed by atoms with Gasteiger partial charge in [0, 0.05) is 19.2 Å². The lowest BCUT2D eigenvalue weighted by molar-refractivity contribution is 0.0827. The van der Waals surface area contributed by atoms with Gasteiger partial charge in [-0.05, 0) is 34.9 Å². The maximum absolute atomic E-state index is 12.6. The summed E-state index contributed by atoms with van der Waals surface area (Å²) in [4.78, 5) is 12.6. The molecule has 3 aromatic carbocycles. The third kappa shape index (κ3) is 3.31. The SMILES string of the molecule is COC(CNC(=O)c1cccc2ccccc12)c1ccccc1C. The van der Waals surface area contributed by atoms with E-state index in [1.807, 2.05) is 73.7 Å². The number of rotatable bonds is 5. The van der Waals surface area contributed by atoms with Gasteiger partial charge in [0.15, 0.2) is 0 Å². The Kier molecular flexibility index (Phi) is 4.92. The van der Waals surface area contributed by atoms with Gasteiger partial charge in [0.25, 0.3) is 5.91 Å². The molecule has 1 unspecified atom stereocenters. The maximum Gasteiger partial charge on any atom is 0.252 e. The zero-order valence-corrected chi connectivity index (χ0v) is 14.0. The van der Waals surface area contributed by atoms with E-state index in [0.29, 0.717) is 12.1 Å². The summed E-state index contributed by atoms with van der Waals surface area (Å²) >= 11 is 0. The van der Waals surface area contributed by atoms with Crippen molar-refractivity contribution in [3.8, 4) is 0 Å². The van der Waals surface area contributed by atoms with Gasteiger partial charge in [-0.3, -0.25) is 4.79 Å². The molecule has 3 nitrogen and oxygen atoms in total. The molecular weight excluding hydrogens is 298 g/mol. The summed E-state index contributed by atoms with van der Waals surface area (Å²) in [5.74, 6) is -0.0811. The van der Waals surface area contributed by atoms with Crippen molar-refractivity contribution in [2.24, 2.45) is 0 Å². The van der Waals surface area contributed by atoms with E-state index in [2.05, 4.69) is 5.32 Å². The number of fused-ring (bicyclic) bond motifs is 1. The second-order valence-electron chi connectivity index (χ2n) is 5.82. The van der Waals surface area contributed by atoms with E-state index in [1.165, 1.54) is 0 Å². The van der Waals surface area contributed by atoms with Gasteiger partial charge < -0.3 is 10.1 Å². The average Bonchev–Trinajstić information content (AvgIpc) is 2.63. The summed E-state index contributed by atoms with van der Waals surface area (Å²) in [7, 11) is 1.67. The summed E-state index contributed by atoms with van der Waals surface area (Å²) < 4.78 is 5.58. The number of hydrogen-bond acceptors (Lipinski definition) is 2. The smallest absolute Gasteiger partial charge is 0.252 e. The fourth-order valence-corrected chi connectivity index (χ4v) is 2.97. The van der Waals surface area contributed by atoms with Crippen LogP contribution in [0.5, 0.6) is 0 Å². The van der Waals surface area contributed by atoms with Crippen molar-refractivity contribution in [1.82, 2.24) is 5.32 Å². The second-order valence-corrected chi connectivity index (χ2v) is 5.82. The first-order valence-corrected chi connectivity index (χ1v) is 8.05. The quantitative estimate of drug-likeness (QED) is 0.763. The molecule has 0 fully saturated rings. The Balaban J connectivity index is 1.78. The van der Waals surface area contributed by atoms with Crippen molar-refractivity contribution in [2.75, 3.05) is 13.7 Å². The fourth-order valence-electron chi connectivity index (χ4n) is 2.97. The molecule has 1 atom stereocenters. The first kappa shape index (κ1) is 16.2. The Morgan fingerprint density at radius 1 is 1.00 bits per heavy atom. The van der Waals surface area contributed by atoms with Crippen molar-refractivity contribution in [1.29, 1.82) is 0 Å². The first-order valence-electron chi connectivity index (χ1n) is 8.05. The van der Waals surface area contributed by atoms with Gasteiger partial charge in [-0.2, -0.15) is 0 Å². The lowest BCUT2D eigenvalue weighted by Crippen LogP contribution is -2.29. The summed E-state index contributed by atoms with van der Waals surface area (Å²) in [6.07, 6.45) is -0.162. The van der Waals surface area contributed by atoms with Crippen molar-refractivity contribution >= 4 is 16.7 Å². The monoisotopic (exact) mass is 319 g/mol. The van der Waals surface area contributed by atoms with Gasteiger partial charge in [-0.25, -0.2) is 0 Å². The largest absolute Gasteiger partial charge is 0.375 e. The van der Waals surface area contributed by atoms with Crippen LogP contribution in [0.4, 0.5) is 0 Å². The number of carbonyl (C=O) groups is 1. The minimum Gasteiger partial charge on any atom is -0.375 e. The van der Waals surface area contributed by atoms with Crippen LogP contribution in [0.3, 0.4) is 0 Å². The van der Waals surface area contributed by atoms with Crippen molar-refractivity contribution in [2.45, 2.75) is 13.0 Å². The molecule has 0 aliphatic rings. The van der Waals surface area contributed by atoms with Gasteiger partial charge in [-0.1, -0.05) is 60.7 Å². The molecule has 0 aliphatic heterocycles. The maximum atomic E-state index is 12.6. The highest BCUT2D eigenvalue weighted by Gasteiger charge is 2.15. The first-order chi connectivity index (χ1) is 11.7. The van der Waals surface area contributed by atoms with Crippen LogP contribution in [0, 0.1) is 6.92 Å². The number of amides is 1. The molecular formula is C21H21NO2. The fraction of sp³-hybridized carbons (Fsp3) is 0.190. The zero-order valence-electron chi connectivity index (χ0n) is 14.0. The average molecular weight is 319 g/mol. The number of nitrogens with one attached hydrogen (secondary N) is 1. The molecule has 0 aliphatic carbocycles. The Morgan fingerprint density at radius 3 is 2.50 bits per heavy atom. The molecule has 1 N–H and O–H groups in total. The van der Waals surface area contributed by atoms with Crippen LogP contribution < -0.4 is 5.32 Å². The molecule has 0 spiro atoms. The summed E-state index contributed by atoms with van der Waals surface area (Å²) in [6.45, 7) is 2.48. The number of ether oxygens (including phenoxy) is 1. The molecule has 3 heteroatoms. The highest BCUT2D eigenvalue weighted by atomic mass is 16.5. The molecule has 0 aromatic heterocycles. The summed E-state index contributed by atoms with van der Waals surface area (Å²) in [6, 6.07) is 21.8. The molecule has 122 valence electrons. The van der Waals surface area contributed by atoms with Crippen LogP contribution in [0.2, 0.25) is 0 Å². The minimum absolute atomic E-state index is 0.0811. The Hall–Kier alpha value is -2.65. The lowest BCUT2D eigenvalue weighted by atomic mass is 10.0. The Bertz CT molecular complexity index is 852. The van der Waals surface area contributed by atoms with Crippen molar-refractivity contribution in [3.63, 3.8) is 0 Å². The van der Waals surface area contributed by atoms with E-state index >= 15 is 0 Å². The molecule has 0 heterocycles. The van der Waals surface area contributed by atoms with Crippen molar-refractivity contribution < 1.29 is 9.53 Å². The molecule has 3 aromatic rings. The van der Waals surface area contributed by atoms with E-state index in [4.69, 9.17) is 4.74 Å². The van der Waals surface area contributed by atoms with E-state index < -0.39 is 0 Å². The number of hydrogen-bond donors (Lipinski definition) is 1. The zero-order chi connectivity index (χ0) is 16.9. The minimum atomic E-state index is -0.162. The van der Waals surface area contributed by atoms with Crippen LogP contribution >= 0.6 is 0 Å². The third-order valence-electron chi connectivity index (χ3n) is 4.30. The molecule has 1 amide bonds. The van der Waals surface area contributed by atoms with Gasteiger partial charge in [0.1, 0.15) is 0 Å². The lowest BCUT2D eigenvalue weighted by Gasteiger charge is -2.19. The molecule has 24 heavy (non-hydrogen) atoms. The standard InChI is InChI=1S/C21H21NO2/c1-15-8-3-5-11-17(15)20(24-2)14-22-21(23)19-13-7-10-16-9-4-6-12-18(16)19/h3-13,20H,14H2,1-2H3,(H,22,23). The van der Waals surface area contributed by atoms with E-state index in [0.717, 1.165) is 21.9 Å². The molecule has 0 radical (unpaired) electrons. The summed E-state index contributed by atoms with van der Waals surface area (Å²) in [5, 5.41) is 5.03. The molecule has 0 bridgehead atoms. The Morgan fingerprint density at radius 2 is 1.71 bits per heavy atom. The van der Waals surface area contributed by atoms with Gasteiger partial charge in [0.2, 0.25) is 0 Å². The van der Waals surface area contributed by atoms with Crippen LogP contribution in [-0.4, -0.2) is 19.6 Å². The highest BCUT2D eigenvalue weighted by Crippen LogP contribution is 2.21. The molecule has 0 saturated carbocycles. The molecule has 0 saturated heterocycles. The van der Waals surface area contributed by atoms with Crippen LogP contribution in [0.25, 0.3) is 10.8 Å². The predicted octanol–water partition coefficient (Wildman–Crippen LogP) is 4.27. The number of benzene rings is 3. The topological polar surface area (TPSA) is 38.3 Å². The van der Waals surface area contributed by atoms with E-state index in [-0.39, 0.29) is 12.0 Å². The normalized spacial score (nSPS) is 12.1. The van der Waals surface area contributed by atoms with Gasteiger partial charge >= 0.3 is 0 Å². The van der Waals surface area contributed by atoms with Crippen LogP contribution in [0.15, 0.2) is 66.7 Å². The number of aryl methyl sites for hydroxylation is 1.